The second kappa shape index (κ2) is 50.0. The number of benzene rings is 6. The standard InChI is InChI=1S/3C20H29NO3.3C19H27NO3/c3*1-5-13(2)8-15-12-21-7-6-14-9-19(23-3)20(24-4)10-16(14)17(21)11-18(15)22;3*1-12(2)7-14-11-20-6-5-13-8-18(22-3)19(23-4)9-15(13)16(20)10-17(14)21/h3*9-10,13,15,17H,5-8,11-12H2,1-4H3;3*8-9,12,14,16H,5-7,10-11H2,1-4H3/i2D3,3D3,4D3,5D2,6D2,7D2,8D2,11D2,12D2,13D,15D,17D;2D3,3D3,4D3,5D2,6D2,7D2,8D2,11D2,13D,15D,17D;2D3,3D3,4D3,5D2,6D2,7D2,8D2,12D2,13D,17D;3D3,4D3,5D2,6D2,10D2,11D2,14D,16D;3D3,4D3,5D2,6D2,10D2,14D,16D;3D3,4D3,5D2,6D2,11D2,16D. The molecule has 18 rings (SSSR count). The number of rotatable bonds is 27. The first-order valence-electron chi connectivity index (χ1n) is 96.9. The summed E-state index contributed by atoms with van der Waals surface area (Å²) in [6.07, 6.45) is -61.3. The molecule has 12 heterocycles. The van der Waals surface area contributed by atoms with E-state index in [1.165, 1.54) is 13.8 Å². The summed E-state index contributed by atoms with van der Waals surface area (Å²) < 4.78 is 957. The molecule has 24 heteroatoms. The Labute approximate surface area is 997 Å². The second-order valence-electron chi connectivity index (χ2n) is 32.1. The Bertz CT molecular complexity index is 10500. The van der Waals surface area contributed by atoms with E-state index in [1.807, 2.05) is 0 Å². The average molecular weight is 2060 g/mol. The molecular formula is C117H168N6O18. The molecular weight excluding hydrogens is 1780 g/mol. The number of nitrogens with zero attached hydrogens (tertiary/aromatic N) is 6. The van der Waals surface area contributed by atoms with Gasteiger partial charge in [0.15, 0.2) is 69.0 Å². The fourth-order valence-electron chi connectivity index (χ4n) is 14.9. The first-order valence-corrected chi connectivity index (χ1v) is 41.9. The number of ketones is 6. The Balaban J connectivity index is 0.000000237. The fraction of sp³-hybridized carbons (Fsp3) is 0.641. The smallest absolute Gasteiger partial charge is 0.161 e. The molecule has 12 aliphatic rings. The van der Waals surface area contributed by atoms with E-state index in [0.717, 1.165) is 12.1 Å². The van der Waals surface area contributed by atoms with Gasteiger partial charge in [-0.1, -0.05) is 102 Å². The van der Waals surface area contributed by atoms with E-state index in [1.54, 1.807) is 27.7 Å². The minimum Gasteiger partial charge on any atom is -0.493 e. The van der Waals surface area contributed by atoms with E-state index in [4.69, 9.17) is 204 Å². The molecule has 0 aromatic heterocycles. The van der Waals surface area contributed by atoms with Crippen LogP contribution in [-0.2, 0) is 67.0 Å². The largest absolute Gasteiger partial charge is 0.493 e. The molecule has 12 aliphatic heterocycles. The molecule has 6 fully saturated rings. The summed E-state index contributed by atoms with van der Waals surface area (Å²) in [6, 6.07) is -12.9. The molecule has 141 heavy (non-hydrogen) atoms. The van der Waals surface area contributed by atoms with Crippen molar-refractivity contribution in [3.05, 3.63) is 140 Å². The van der Waals surface area contributed by atoms with Crippen LogP contribution in [0.25, 0.3) is 0 Å². The normalized spacial score (nSPS) is 51.1. The number of hydrogen-bond donors (Lipinski definition) is 0. The van der Waals surface area contributed by atoms with Crippen LogP contribution in [0.2, 0.25) is 0 Å². The van der Waals surface area contributed by atoms with Crippen molar-refractivity contribution in [2.24, 2.45) is 70.8 Å². The molecule has 0 N–H and O–H groups in total. The van der Waals surface area contributed by atoms with Crippen molar-refractivity contribution in [1.29, 1.82) is 0 Å². The molecule has 774 valence electrons. The predicted molar refractivity (Wildman–Crippen MR) is 555 cm³/mol. The number of carbonyl (C=O) groups is 6. The zero-order valence-corrected chi connectivity index (χ0v) is 75.8. The molecule has 0 amide bonds. The summed E-state index contributed by atoms with van der Waals surface area (Å²) in [6.45, 7) is -39.6. The molecule has 6 aromatic carbocycles. The van der Waals surface area contributed by atoms with Crippen LogP contribution >= 0.6 is 0 Å². The Morgan fingerprint density at radius 3 is 0.858 bits per heavy atom. The van der Waals surface area contributed by atoms with Gasteiger partial charge in [0, 0.05) is 281 Å². The summed E-state index contributed by atoms with van der Waals surface area (Å²) in [7, 11) is -39.2. The topological polar surface area (TPSA) is 233 Å². The SMILES string of the molecule is [2H]C([2H])([2H])Oc1cc2c(cc1OC([2H])([2H])[2H])C([2H])([2H])C([2H])([2H])N1C2([2H])CC(=O)C(C([2H])([2H])C([2H])(C([2H])([2H])[2H])C([2H])([2H])C)C1([2H])[2H].[2H]C([2H])([2H])Oc1cc2c(cc1OC([2H])([2H])[2H])C([2H])([2H])C([2H])([2H])N1C2([2H])CC(=O)C(CC(C)C)C1([2H])[2H].[2H]C([2H])([2H])Oc1cc2c(cc1OC([2H])([2H])[2H])C1([2H])N(C([2H])([2H])C([2H])(CC(C)C)C(=O)C1([2H])[2H])C([2H])([2H])C2([2H])[2H].[2H]C([2H])([2H])Oc1cc2c(cc1OC([2H])([2H])[2H])C1([2H])N(C([2H])([2H])C2([2H])[2H])C([2H])([2H])C([2H])(C([2H])([2H])C([2H])(C([2H])([2H])[2H])C([2H])([2H])C)C(=O)C1([2H])[2H].[2H]C([2H])([2H])Oc1cc2c(cc1OC([2H])([2H])[2H])C1([2H])N(CC([2H])(C([2H])([2H])C([2H])(C([2H])([2H])[2H])C([2H])([2H])C)C(=O)C1([2H])[2H])C([2H])([2H])C2([2H])[2H].[2H]C([2H])([2H])Oc1cc2c(cc1OC([2H])([2H])[2H])C1([2H])N(CC([2H])(CC(C)C)C(=O)C1([2H])[2H])C([2H])([2H])C2([2H])[2H]. The van der Waals surface area contributed by atoms with Gasteiger partial charge in [0.1, 0.15) is 34.7 Å². The molecule has 0 aliphatic carbocycles. The quantitative estimate of drug-likeness (QED) is 0.0466. The Kier molecular flexibility index (Phi) is 12.4. The van der Waals surface area contributed by atoms with Crippen LogP contribution in [-0.4, -0.2) is 227 Å². The highest BCUT2D eigenvalue weighted by molar-refractivity contribution is 5.86. The molecule has 0 spiro atoms. The van der Waals surface area contributed by atoms with Gasteiger partial charge < -0.3 is 56.8 Å². The first kappa shape index (κ1) is 35.0. The van der Waals surface area contributed by atoms with E-state index >= 15 is 0 Å². The molecule has 6 aromatic rings. The van der Waals surface area contributed by atoms with Gasteiger partial charge in [0.05, 0.1) is 142 Å². The first-order chi connectivity index (χ1) is 109. The maximum atomic E-state index is 14.1. The fourth-order valence-corrected chi connectivity index (χ4v) is 14.9. The number of fused-ring (bicyclic) bond motifs is 18. The van der Waals surface area contributed by atoms with Crippen molar-refractivity contribution in [3.8, 4) is 69.0 Å². The van der Waals surface area contributed by atoms with E-state index in [2.05, 4.69) is 0 Å². The highest BCUT2D eigenvalue weighted by Gasteiger charge is 2.47. The summed E-state index contributed by atoms with van der Waals surface area (Å²) in [5, 5.41) is 0. The number of carbonyl (C=O) groups excluding carboxylic acids is 6. The number of ether oxygens (including phenoxy) is 12. The van der Waals surface area contributed by atoms with E-state index in [9.17, 15) is 32.9 Å². The zero-order valence-electron chi connectivity index (χ0n) is 186. The van der Waals surface area contributed by atoms with Gasteiger partial charge in [0.2, 0.25) is 0 Å². The van der Waals surface area contributed by atoms with Crippen LogP contribution in [0.4, 0.5) is 0 Å². The van der Waals surface area contributed by atoms with Gasteiger partial charge in [-0.2, -0.15) is 0 Å². The van der Waals surface area contributed by atoms with Gasteiger partial charge in [-0.25, -0.2) is 0 Å². The van der Waals surface area contributed by atoms with Crippen molar-refractivity contribution in [2.75, 3.05) is 163 Å². The lowest BCUT2D eigenvalue weighted by molar-refractivity contribution is -0.130. The minimum absolute atomic E-state index is 0.0309. The lowest BCUT2D eigenvalue weighted by atomic mass is 9.79. The summed E-state index contributed by atoms with van der Waals surface area (Å²) in [5.74, 6) is -52.5. The highest BCUT2D eigenvalue weighted by Crippen LogP contribution is 2.51. The summed E-state index contributed by atoms with van der Waals surface area (Å²) >= 11 is 0. The number of hydrogen-bond acceptors (Lipinski definition) is 24. The maximum Gasteiger partial charge on any atom is 0.161 e. The molecule has 0 radical (unpaired) electrons. The maximum absolute atomic E-state index is 14.1. The lowest BCUT2D eigenvalue weighted by Crippen LogP contribution is -2.46. The van der Waals surface area contributed by atoms with Crippen LogP contribution in [0.1, 0.15) is 432 Å². The minimum atomic E-state index is -4.67. The number of piperidine rings is 6. The second-order valence-corrected chi connectivity index (χ2v) is 32.1. The van der Waals surface area contributed by atoms with Gasteiger partial charge in [-0.05, 0) is 252 Å². The van der Waals surface area contributed by atoms with Crippen molar-refractivity contribution < 1.29 is 236 Å². The highest BCUT2D eigenvalue weighted by atomic mass is 16.5. The van der Waals surface area contributed by atoms with Gasteiger partial charge >= 0.3 is 0 Å². The van der Waals surface area contributed by atoms with Crippen LogP contribution in [0.3, 0.4) is 0 Å². The van der Waals surface area contributed by atoms with Crippen molar-refractivity contribution in [3.63, 3.8) is 0 Å². The third-order valence-corrected chi connectivity index (χ3v) is 21.5. The van der Waals surface area contributed by atoms with Crippen molar-refractivity contribution >= 4 is 34.7 Å². The third-order valence-electron chi connectivity index (χ3n) is 21.5. The number of Topliss-reactive ketones (excluding diaryl/α,β-unsaturated/α-hetero) is 6. The predicted octanol–water partition coefficient (Wildman–Crippen LogP) is 20.6. The molecule has 0 saturated carbocycles. The number of methoxy groups -OCH3 is 12. The molecule has 0 bridgehead atoms. The van der Waals surface area contributed by atoms with Crippen LogP contribution in [0.15, 0.2) is 72.8 Å². The van der Waals surface area contributed by atoms with Crippen LogP contribution in [0, 0.1) is 70.8 Å². The van der Waals surface area contributed by atoms with Crippen molar-refractivity contribution in [1.82, 2.24) is 29.4 Å². The van der Waals surface area contributed by atoms with Gasteiger partial charge in [0.25, 0.3) is 0 Å². The van der Waals surface area contributed by atoms with Gasteiger partial charge in [-0.3, -0.25) is 58.2 Å². The Hall–Kier alpha value is -9.30. The monoisotopic (exact) mass is 2060 g/mol. The Morgan fingerprint density at radius 2 is 0.539 bits per heavy atom. The van der Waals surface area contributed by atoms with E-state index in [0.29, 0.717) is 85.2 Å². The number of aryl methyl sites for hydroxylation is 6. The van der Waals surface area contributed by atoms with E-state index < -0.39 is 575 Å². The van der Waals surface area contributed by atoms with E-state index in [-0.39, 0.29) is 45.4 Å². The van der Waals surface area contributed by atoms with Gasteiger partial charge in [-0.15, -0.1) is 0 Å². The molecule has 15 atom stereocenters. The Morgan fingerprint density at radius 1 is 0.298 bits per heavy atom. The molecule has 15 unspecified atom stereocenters. The van der Waals surface area contributed by atoms with Crippen LogP contribution in [0.5, 0.6) is 69.0 Å². The molecule has 6 saturated heterocycles. The summed E-state index contributed by atoms with van der Waals surface area (Å²) in [4.78, 5) is 81.6. The zero-order chi connectivity index (χ0) is 198. The van der Waals surface area contributed by atoms with Crippen molar-refractivity contribution in [2.45, 2.75) is 253 Å². The van der Waals surface area contributed by atoms with Crippen LogP contribution < -0.4 is 56.8 Å². The molecule has 24 nitrogen and oxygen atoms in total. The lowest BCUT2D eigenvalue weighted by Gasteiger charge is -2.43. The third kappa shape index (κ3) is 25.6. The average Bonchev–Trinajstić information content (AvgIpc) is 0.631. The summed E-state index contributed by atoms with van der Waals surface area (Å²) in [5.41, 5.74) is -10.4.